The zero-order valence-electron chi connectivity index (χ0n) is 16.8. The van der Waals surface area contributed by atoms with Crippen LogP contribution < -0.4 is 10.1 Å². The maximum absolute atomic E-state index is 12.4. The van der Waals surface area contributed by atoms with Gasteiger partial charge in [-0.1, -0.05) is 42.1 Å². The maximum atomic E-state index is 12.4. The Labute approximate surface area is 179 Å². The summed E-state index contributed by atoms with van der Waals surface area (Å²) in [6.45, 7) is 4.50. The molecule has 7 heteroatoms. The Morgan fingerprint density at radius 1 is 1.13 bits per heavy atom. The number of aryl methyl sites for hydroxylation is 1. The minimum absolute atomic E-state index is 0.0813. The molecule has 4 aromatic rings. The van der Waals surface area contributed by atoms with Crippen LogP contribution in [0.2, 0.25) is 0 Å². The van der Waals surface area contributed by atoms with Crippen molar-refractivity contribution in [3.63, 3.8) is 0 Å². The number of carbonyl (C=O) groups excluding carboxylic acids is 1. The number of rotatable bonds is 7. The van der Waals surface area contributed by atoms with Crippen LogP contribution >= 0.6 is 11.8 Å². The van der Waals surface area contributed by atoms with Crippen LogP contribution in [0.1, 0.15) is 12.6 Å². The quantitative estimate of drug-likeness (QED) is 0.344. The molecule has 0 radical (unpaired) electrons. The molecule has 0 aliphatic carbocycles. The SMILES string of the molecule is CCOc1ccc(NC(=O)CSc2cc(C)nc3c(-c4ccccc4)cnn23)cc1. The summed E-state index contributed by atoms with van der Waals surface area (Å²) in [5.41, 5.74) is 4.45. The van der Waals surface area contributed by atoms with E-state index in [9.17, 15) is 4.79 Å². The molecule has 0 aliphatic rings. The second kappa shape index (κ2) is 9.00. The second-order valence-corrected chi connectivity index (χ2v) is 7.69. The Morgan fingerprint density at radius 2 is 1.90 bits per heavy atom. The van der Waals surface area contributed by atoms with Crippen molar-refractivity contribution in [2.45, 2.75) is 18.9 Å². The fraction of sp³-hybridized carbons (Fsp3) is 0.174. The number of carbonyl (C=O) groups is 1. The van der Waals surface area contributed by atoms with E-state index in [4.69, 9.17) is 4.74 Å². The van der Waals surface area contributed by atoms with Gasteiger partial charge < -0.3 is 10.1 Å². The van der Waals surface area contributed by atoms with Crippen LogP contribution in [0.3, 0.4) is 0 Å². The minimum Gasteiger partial charge on any atom is -0.494 e. The molecule has 6 nitrogen and oxygen atoms in total. The number of amides is 1. The summed E-state index contributed by atoms with van der Waals surface area (Å²) < 4.78 is 7.22. The van der Waals surface area contributed by atoms with Crippen LogP contribution in [0.4, 0.5) is 5.69 Å². The van der Waals surface area contributed by atoms with Crippen molar-refractivity contribution in [1.82, 2.24) is 14.6 Å². The lowest BCUT2D eigenvalue weighted by atomic mass is 10.1. The van der Waals surface area contributed by atoms with Gasteiger partial charge in [-0.05, 0) is 49.7 Å². The molecule has 0 atom stereocenters. The first-order valence-electron chi connectivity index (χ1n) is 9.70. The number of ether oxygens (including phenoxy) is 1. The first-order chi connectivity index (χ1) is 14.6. The van der Waals surface area contributed by atoms with Crippen molar-refractivity contribution in [2.75, 3.05) is 17.7 Å². The van der Waals surface area contributed by atoms with Gasteiger partial charge in [0, 0.05) is 16.9 Å². The van der Waals surface area contributed by atoms with E-state index in [1.807, 2.05) is 80.7 Å². The fourth-order valence-corrected chi connectivity index (χ4v) is 3.97. The van der Waals surface area contributed by atoms with Gasteiger partial charge in [-0.15, -0.1) is 0 Å². The van der Waals surface area contributed by atoms with E-state index in [1.54, 1.807) is 4.52 Å². The number of anilines is 1. The molecule has 1 N–H and O–H groups in total. The van der Waals surface area contributed by atoms with Crippen molar-refractivity contribution >= 4 is 29.0 Å². The summed E-state index contributed by atoms with van der Waals surface area (Å²) in [5.74, 6) is 0.974. The summed E-state index contributed by atoms with van der Waals surface area (Å²) in [7, 11) is 0. The lowest BCUT2D eigenvalue weighted by Crippen LogP contribution is -2.14. The number of aromatic nitrogens is 3. The molecule has 0 saturated heterocycles. The zero-order valence-corrected chi connectivity index (χ0v) is 17.6. The highest BCUT2D eigenvalue weighted by atomic mass is 32.2. The summed E-state index contributed by atoms with van der Waals surface area (Å²) in [4.78, 5) is 17.1. The maximum Gasteiger partial charge on any atom is 0.234 e. The number of nitrogens with one attached hydrogen (secondary N) is 1. The number of benzene rings is 2. The molecular weight excluding hydrogens is 396 g/mol. The third-order valence-corrected chi connectivity index (χ3v) is 5.45. The molecule has 152 valence electrons. The topological polar surface area (TPSA) is 68.5 Å². The Balaban J connectivity index is 1.48. The summed E-state index contributed by atoms with van der Waals surface area (Å²) in [5, 5.41) is 8.30. The van der Waals surface area contributed by atoms with Crippen LogP contribution in [-0.4, -0.2) is 32.9 Å². The average Bonchev–Trinajstić information content (AvgIpc) is 3.18. The predicted molar refractivity (Wildman–Crippen MR) is 120 cm³/mol. The number of fused-ring (bicyclic) bond motifs is 1. The van der Waals surface area contributed by atoms with E-state index in [1.165, 1.54) is 11.8 Å². The molecule has 0 aliphatic heterocycles. The zero-order chi connectivity index (χ0) is 20.9. The molecule has 2 aromatic heterocycles. The molecule has 4 rings (SSSR count). The standard InChI is InChI=1S/C23H22N4O2S/c1-3-29-19-11-9-18(10-12-19)26-21(28)15-30-22-13-16(2)25-23-20(14-24-27(22)23)17-7-5-4-6-8-17/h4-14H,3,15H2,1-2H3,(H,26,28). The second-order valence-electron chi connectivity index (χ2n) is 6.69. The van der Waals surface area contributed by atoms with E-state index in [0.29, 0.717) is 6.61 Å². The minimum atomic E-state index is -0.0813. The largest absolute Gasteiger partial charge is 0.494 e. The van der Waals surface area contributed by atoms with Crippen molar-refractivity contribution < 1.29 is 9.53 Å². The molecular formula is C23H22N4O2S. The van der Waals surface area contributed by atoms with Crippen molar-refractivity contribution in [3.8, 4) is 16.9 Å². The molecule has 2 aromatic carbocycles. The Hall–Kier alpha value is -3.32. The number of nitrogens with zero attached hydrogens (tertiary/aromatic N) is 3. The van der Waals surface area contributed by atoms with Gasteiger partial charge in [0.1, 0.15) is 10.8 Å². The predicted octanol–water partition coefficient (Wildman–Crippen LogP) is 4.83. The first-order valence-corrected chi connectivity index (χ1v) is 10.7. The smallest absolute Gasteiger partial charge is 0.234 e. The van der Waals surface area contributed by atoms with Gasteiger partial charge in [0.15, 0.2) is 5.65 Å². The molecule has 2 heterocycles. The highest BCUT2D eigenvalue weighted by molar-refractivity contribution is 7.99. The number of hydrogen-bond acceptors (Lipinski definition) is 5. The fourth-order valence-electron chi connectivity index (χ4n) is 3.11. The van der Waals surface area contributed by atoms with E-state index >= 15 is 0 Å². The third kappa shape index (κ3) is 4.46. The van der Waals surface area contributed by atoms with Crippen LogP contribution in [-0.2, 0) is 4.79 Å². The molecule has 0 unspecified atom stereocenters. The van der Waals surface area contributed by atoms with E-state index in [0.717, 1.165) is 38.9 Å². The molecule has 1 amide bonds. The molecule has 30 heavy (non-hydrogen) atoms. The van der Waals surface area contributed by atoms with Crippen LogP contribution in [0.15, 0.2) is 71.9 Å². The lowest BCUT2D eigenvalue weighted by Gasteiger charge is -2.08. The Kier molecular flexibility index (Phi) is 5.99. The summed E-state index contributed by atoms with van der Waals surface area (Å²) in [6, 6.07) is 19.4. The lowest BCUT2D eigenvalue weighted by molar-refractivity contribution is -0.113. The van der Waals surface area contributed by atoms with Gasteiger partial charge in [-0.3, -0.25) is 4.79 Å². The number of hydrogen-bond donors (Lipinski definition) is 1. The first kappa shape index (κ1) is 20.0. The van der Waals surface area contributed by atoms with Crippen molar-refractivity contribution in [2.24, 2.45) is 0 Å². The van der Waals surface area contributed by atoms with Gasteiger partial charge in [-0.2, -0.15) is 5.10 Å². The van der Waals surface area contributed by atoms with E-state index in [-0.39, 0.29) is 11.7 Å². The average molecular weight is 419 g/mol. The number of thioether (sulfide) groups is 1. The van der Waals surface area contributed by atoms with Gasteiger partial charge >= 0.3 is 0 Å². The third-order valence-electron chi connectivity index (χ3n) is 4.45. The van der Waals surface area contributed by atoms with Crippen molar-refractivity contribution in [1.29, 1.82) is 0 Å². The highest BCUT2D eigenvalue weighted by Crippen LogP contribution is 2.27. The normalized spacial score (nSPS) is 10.9. The van der Waals surface area contributed by atoms with Crippen molar-refractivity contribution in [3.05, 3.63) is 72.6 Å². The molecule has 0 saturated carbocycles. The summed E-state index contributed by atoms with van der Waals surface area (Å²) >= 11 is 1.43. The van der Waals surface area contributed by atoms with Gasteiger partial charge in [0.05, 0.1) is 18.6 Å². The van der Waals surface area contributed by atoms with Gasteiger partial charge in [0.25, 0.3) is 0 Å². The van der Waals surface area contributed by atoms with Crippen LogP contribution in [0.5, 0.6) is 5.75 Å². The molecule has 0 fully saturated rings. The monoisotopic (exact) mass is 418 g/mol. The summed E-state index contributed by atoms with van der Waals surface area (Å²) in [6.07, 6.45) is 1.82. The van der Waals surface area contributed by atoms with E-state index in [2.05, 4.69) is 15.4 Å². The molecule has 0 bridgehead atoms. The Bertz CT molecular complexity index is 1160. The van der Waals surface area contributed by atoms with Gasteiger partial charge in [-0.25, -0.2) is 9.50 Å². The Morgan fingerprint density at radius 3 is 2.63 bits per heavy atom. The molecule has 0 spiro atoms. The van der Waals surface area contributed by atoms with Crippen LogP contribution in [0, 0.1) is 6.92 Å². The highest BCUT2D eigenvalue weighted by Gasteiger charge is 2.13. The van der Waals surface area contributed by atoms with Crippen LogP contribution in [0.25, 0.3) is 16.8 Å². The van der Waals surface area contributed by atoms with E-state index < -0.39 is 0 Å². The van der Waals surface area contributed by atoms with Gasteiger partial charge in [0.2, 0.25) is 5.91 Å².